The number of nitrogens with zero attached hydrogens (tertiary/aromatic N) is 1. The van der Waals surface area contributed by atoms with Crippen molar-refractivity contribution < 1.29 is 27.1 Å². The summed E-state index contributed by atoms with van der Waals surface area (Å²) in [6.45, 7) is -1.65. The molecule has 0 aliphatic rings. The molecule has 3 nitrogen and oxygen atoms in total. The lowest BCUT2D eigenvalue weighted by Gasteiger charge is -2.08. The summed E-state index contributed by atoms with van der Waals surface area (Å²) in [6.07, 6.45) is -4.30. The fourth-order valence-electron chi connectivity index (χ4n) is 0.755. The molecule has 7 heteroatoms. The van der Waals surface area contributed by atoms with Crippen molar-refractivity contribution in [1.29, 1.82) is 0 Å². The van der Waals surface area contributed by atoms with E-state index in [0.29, 0.717) is 0 Å². The van der Waals surface area contributed by atoms with E-state index in [0.717, 1.165) is 12.1 Å². The zero-order chi connectivity index (χ0) is 11.5. The summed E-state index contributed by atoms with van der Waals surface area (Å²) in [4.78, 5) is 13.4. The lowest BCUT2D eigenvalue weighted by Crippen LogP contribution is -2.20. The number of carbonyl (C=O) groups is 1. The van der Waals surface area contributed by atoms with Gasteiger partial charge in [-0.05, 0) is 12.1 Å². The van der Waals surface area contributed by atoms with E-state index < -0.39 is 24.5 Å². The Bertz CT molecular complexity index is 364. The predicted molar refractivity (Wildman–Crippen MR) is 41.1 cm³/mol. The standard InChI is InChI=1S/C8H5F4NO2/c9-6-2-1-5(3-14)13-7(6)15-4-8(10,11)12/h1-3H,4H2. The molecule has 1 aromatic heterocycles. The van der Waals surface area contributed by atoms with Crippen molar-refractivity contribution in [2.45, 2.75) is 6.18 Å². The van der Waals surface area contributed by atoms with Gasteiger partial charge in [0.1, 0.15) is 5.69 Å². The summed E-state index contributed by atoms with van der Waals surface area (Å²) in [5, 5.41) is 0. The highest BCUT2D eigenvalue weighted by atomic mass is 19.4. The van der Waals surface area contributed by atoms with E-state index >= 15 is 0 Å². The summed E-state index contributed by atoms with van der Waals surface area (Å²) >= 11 is 0. The van der Waals surface area contributed by atoms with Crippen LogP contribution < -0.4 is 4.74 Å². The number of pyridine rings is 1. The van der Waals surface area contributed by atoms with Gasteiger partial charge in [-0.1, -0.05) is 0 Å². The second kappa shape index (κ2) is 4.24. The van der Waals surface area contributed by atoms with E-state index in [1.165, 1.54) is 0 Å². The van der Waals surface area contributed by atoms with Crippen LogP contribution in [0.2, 0.25) is 0 Å². The molecular formula is C8H5F4NO2. The average Bonchev–Trinajstić information content (AvgIpc) is 2.15. The molecule has 0 aliphatic heterocycles. The molecule has 1 heterocycles. The smallest absolute Gasteiger partial charge is 0.422 e. The molecule has 0 fully saturated rings. The second-order valence-electron chi connectivity index (χ2n) is 2.54. The zero-order valence-electron chi connectivity index (χ0n) is 7.21. The van der Waals surface area contributed by atoms with Crippen molar-refractivity contribution >= 4 is 6.29 Å². The molecule has 0 spiro atoms. The maximum Gasteiger partial charge on any atom is 0.422 e. The SMILES string of the molecule is O=Cc1ccc(F)c(OCC(F)(F)F)n1. The van der Waals surface area contributed by atoms with Crippen LogP contribution in [0.3, 0.4) is 0 Å². The first-order chi connectivity index (χ1) is 6.92. The maximum absolute atomic E-state index is 12.8. The summed E-state index contributed by atoms with van der Waals surface area (Å²) in [7, 11) is 0. The van der Waals surface area contributed by atoms with Crippen LogP contribution in [0.25, 0.3) is 0 Å². The number of halogens is 4. The van der Waals surface area contributed by atoms with Gasteiger partial charge in [-0.25, -0.2) is 9.37 Å². The summed E-state index contributed by atoms with van der Waals surface area (Å²) in [5.41, 5.74) is -0.200. The number of rotatable bonds is 3. The third-order valence-electron chi connectivity index (χ3n) is 1.33. The quantitative estimate of drug-likeness (QED) is 0.581. The third-order valence-corrected chi connectivity index (χ3v) is 1.33. The van der Waals surface area contributed by atoms with Gasteiger partial charge in [0.05, 0.1) is 0 Å². The minimum absolute atomic E-state index is 0.200. The van der Waals surface area contributed by atoms with Crippen LogP contribution in [0, 0.1) is 5.82 Å². The molecule has 0 unspecified atom stereocenters. The first-order valence-electron chi connectivity index (χ1n) is 3.73. The Balaban J connectivity index is 2.80. The minimum atomic E-state index is -4.58. The predicted octanol–water partition coefficient (Wildman–Crippen LogP) is 1.97. The number of hydrogen-bond acceptors (Lipinski definition) is 3. The molecule has 1 aromatic rings. The van der Waals surface area contributed by atoms with Gasteiger partial charge < -0.3 is 4.74 Å². The van der Waals surface area contributed by atoms with E-state index in [9.17, 15) is 22.4 Å². The number of aldehydes is 1. The fraction of sp³-hybridized carbons (Fsp3) is 0.250. The van der Waals surface area contributed by atoms with Crippen molar-refractivity contribution in [3.05, 3.63) is 23.6 Å². The third kappa shape index (κ3) is 3.53. The van der Waals surface area contributed by atoms with Crippen molar-refractivity contribution in [3.8, 4) is 5.88 Å². The fourth-order valence-corrected chi connectivity index (χ4v) is 0.755. The molecule has 0 aliphatic carbocycles. The number of aromatic nitrogens is 1. The lowest BCUT2D eigenvalue weighted by molar-refractivity contribution is -0.154. The maximum atomic E-state index is 12.8. The van der Waals surface area contributed by atoms with Crippen LogP contribution in [0.1, 0.15) is 10.5 Å². The van der Waals surface area contributed by atoms with Crippen molar-refractivity contribution in [2.75, 3.05) is 6.61 Å². The monoisotopic (exact) mass is 223 g/mol. The van der Waals surface area contributed by atoms with Crippen LogP contribution in [0.4, 0.5) is 17.6 Å². The number of ether oxygens (including phenoxy) is 1. The molecule has 0 aromatic carbocycles. The Morgan fingerprint density at radius 1 is 1.40 bits per heavy atom. The summed E-state index contributed by atoms with van der Waals surface area (Å²) in [5.74, 6) is -1.89. The van der Waals surface area contributed by atoms with E-state index in [-0.39, 0.29) is 12.0 Å². The van der Waals surface area contributed by atoms with Crippen LogP contribution >= 0.6 is 0 Å². The van der Waals surface area contributed by atoms with Gasteiger partial charge in [0.2, 0.25) is 0 Å². The van der Waals surface area contributed by atoms with Gasteiger partial charge in [-0.3, -0.25) is 4.79 Å². The largest absolute Gasteiger partial charge is 0.466 e. The van der Waals surface area contributed by atoms with E-state index in [1.54, 1.807) is 0 Å². The van der Waals surface area contributed by atoms with Crippen LogP contribution in [-0.2, 0) is 0 Å². The lowest BCUT2D eigenvalue weighted by atomic mass is 10.3. The molecule has 15 heavy (non-hydrogen) atoms. The van der Waals surface area contributed by atoms with Gasteiger partial charge >= 0.3 is 6.18 Å². The van der Waals surface area contributed by atoms with Crippen LogP contribution in [0.15, 0.2) is 12.1 Å². The Kier molecular flexibility index (Phi) is 3.23. The van der Waals surface area contributed by atoms with Crippen LogP contribution in [0.5, 0.6) is 5.88 Å². The van der Waals surface area contributed by atoms with Gasteiger partial charge in [0.25, 0.3) is 5.88 Å². The molecule has 0 amide bonds. The molecule has 0 radical (unpaired) electrons. The molecule has 0 atom stereocenters. The molecular weight excluding hydrogens is 218 g/mol. The van der Waals surface area contributed by atoms with E-state index in [2.05, 4.69) is 9.72 Å². The topological polar surface area (TPSA) is 39.2 Å². The Morgan fingerprint density at radius 3 is 2.60 bits per heavy atom. The average molecular weight is 223 g/mol. The Hall–Kier alpha value is -1.66. The second-order valence-corrected chi connectivity index (χ2v) is 2.54. The number of hydrogen-bond donors (Lipinski definition) is 0. The van der Waals surface area contributed by atoms with Gasteiger partial charge in [-0.15, -0.1) is 0 Å². The number of carbonyl (C=O) groups excluding carboxylic acids is 1. The highest BCUT2D eigenvalue weighted by Gasteiger charge is 2.29. The highest BCUT2D eigenvalue weighted by molar-refractivity contribution is 5.71. The first kappa shape index (κ1) is 11.4. The van der Waals surface area contributed by atoms with Crippen molar-refractivity contribution in [3.63, 3.8) is 0 Å². The van der Waals surface area contributed by atoms with Gasteiger partial charge in [0, 0.05) is 0 Å². The Morgan fingerprint density at radius 2 is 2.07 bits per heavy atom. The Labute approximate surface area is 81.7 Å². The molecule has 82 valence electrons. The minimum Gasteiger partial charge on any atom is -0.466 e. The van der Waals surface area contributed by atoms with Gasteiger partial charge in [0.15, 0.2) is 18.7 Å². The summed E-state index contributed by atoms with van der Waals surface area (Å²) in [6, 6.07) is 1.84. The molecule has 0 N–H and O–H groups in total. The molecule has 0 saturated carbocycles. The van der Waals surface area contributed by atoms with Crippen molar-refractivity contribution in [2.24, 2.45) is 0 Å². The molecule has 1 rings (SSSR count). The van der Waals surface area contributed by atoms with E-state index in [4.69, 9.17) is 0 Å². The highest BCUT2D eigenvalue weighted by Crippen LogP contribution is 2.19. The molecule has 0 bridgehead atoms. The zero-order valence-corrected chi connectivity index (χ0v) is 7.21. The van der Waals surface area contributed by atoms with E-state index in [1.807, 2.05) is 0 Å². The normalized spacial score (nSPS) is 11.2. The molecule has 0 saturated heterocycles. The first-order valence-corrected chi connectivity index (χ1v) is 3.73. The van der Waals surface area contributed by atoms with Gasteiger partial charge in [-0.2, -0.15) is 13.2 Å². The van der Waals surface area contributed by atoms with Crippen molar-refractivity contribution in [1.82, 2.24) is 4.98 Å². The number of alkyl halides is 3. The summed E-state index contributed by atoms with van der Waals surface area (Å²) < 4.78 is 52.0. The van der Waals surface area contributed by atoms with Crippen LogP contribution in [-0.4, -0.2) is 24.1 Å².